The molecule has 35 heavy (non-hydrogen) atoms. The van der Waals surface area contributed by atoms with Crippen molar-refractivity contribution in [3.05, 3.63) is 102 Å². The van der Waals surface area contributed by atoms with E-state index in [2.05, 4.69) is 10.4 Å². The van der Waals surface area contributed by atoms with E-state index in [0.717, 1.165) is 11.1 Å². The van der Waals surface area contributed by atoms with E-state index >= 15 is 0 Å². The van der Waals surface area contributed by atoms with Crippen LogP contribution < -0.4 is 16.3 Å². The van der Waals surface area contributed by atoms with Crippen LogP contribution >= 0.6 is 34.2 Å². The average Bonchev–Trinajstić information content (AvgIpc) is 3.18. The summed E-state index contributed by atoms with van der Waals surface area (Å²) in [5.41, 5.74) is 8.36. The molecule has 11 heteroatoms. The molecule has 4 aromatic rings. The van der Waals surface area contributed by atoms with Gasteiger partial charge in [0.1, 0.15) is 0 Å². The van der Waals surface area contributed by atoms with Gasteiger partial charge in [-0.2, -0.15) is 9.36 Å². The van der Waals surface area contributed by atoms with Gasteiger partial charge in [-0.3, -0.25) is 9.59 Å². The molecule has 0 aliphatic heterocycles. The molecule has 0 aliphatic rings. The van der Waals surface area contributed by atoms with Gasteiger partial charge in [-0.25, -0.2) is 4.79 Å². The Morgan fingerprint density at radius 2 is 1.80 bits per heavy atom. The van der Waals surface area contributed by atoms with E-state index in [0.29, 0.717) is 20.0 Å². The number of halogens is 2. The summed E-state index contributed by atoms with van der Waals surface area (Å²) in [6, 6.07) is 17.2. The molecule has 0 bridgehead atoms. The first-order valence-electron chi connectivity index (χ1n) is 10.4. The quantitative estimate of drug-likeness (QED) is 0.340. The molecular formula is C24H20ClIN6O3. The molecule has 0 fully saturated rings. The van der Waals surface area contributed by atoms with Gasteiger partial charge in [0.15, 0.2) is 0 Å². The van der Waals surface area contributed by atoms with E-state index in [1.807, 2.05) is 41.6 Å². The monoisotopic (exact) mass is 602 g/mol. The van der Waals surface area contributed by atoms with Crippen LogP contribution in [-0.4, -0.2) is 38.7 Å². The number of aromatic nitrogens is 4. The van der Waals surface area contributed by atoms with Gasteiger partial charge in [0.25, 0.3) is 5.91 Å². The fourth-order valence-electron chi connectivity index (χ4n) is 3.71. The smallest absolute Gasteiger partial charge is 0.366 e. The van der Waals surface area contributed by atoms with Gasteiger partial charge in [0, 0.05) is 21.3 Å². The highest BCUT2D eigenvalue weighted by atomic mass is 127. The van der Waals surface area contributed by atoms with Crippen LogP contribution in [0.15, 0.2) is 65.5 Å². The third kappa shape index (κ3) is 4.98. The number of nitrogens with zero attached hydrogens (tertiary/aromatic N) is 5. The maximum Gasteiger partial charge on any atom is 0.368 e. The van der Waals surface area contributed by atoms with E-state index < -0.39 is 5.91 Å². The highest BCUT2D eigenvalue weighted by Crippen LogP contribution is 2.25. The van der Waals surface area contributed by atoms with E-state index in [1.54, 1.807) is 49.5 Å². The van der Waals surface area contributed by atoms with Gasteiger partial charge in [0.2, 0.25) is 5.91 Å². The predicted octanol–water partition coefficient (Wildman–Crippen LogP) is 3.42. The highest BCUT2D eigenvalue weighted by molar-refractivity contribution is 14.1. The normalized spacial score (nSPS) is 10.9. The van der Waals surface area contributed by atoms with Crippen molar-refractivity contribution in [1.82, 2.24) is 19.8 Å². The zero-order valence-electron chi connectivity index (χ0n) is 18.8. The summed E-state index contributed by atoms with van der Waals surface area (Å²) in [5.74, 6) is -1.01. The van der Waals surface area contributed by atoms with Gasteiger partial charge in [-0.15, -0.1) is 0 Å². The number of amides is 2. The lowest BCUT2D eigenvalue weighted by atomic mass is 10.0. The Labute approximate surface area is 219 Å². The minimum Gasteiger partial charge on any atom is -0.366 e. The van der Waals surface area contributed by atoms with Crippen LogP contribution in [0, 0.1) is 10.5 Å². The summed E-state index contributed by atoms with van der Waals surface area (Å²) >= 11 is 7.93. The van der Waals surface area contributed by atoms with Crippen molar-refractivity contribution in [2.45, 2.75) is 13.5 Å². The van der Waals surface area contributed by atoms with Crippen LogP contribution in [0.3, 0.4) is 0 Å². The fourth-order valence-corrected chi connectivity index (χ4v) is 4.56. The largest absolute Gasteiger partial charge is 0.368 e. The number of anilines is 1. The molecule has 1 heterocycles. The zero-order valence-corrected chi connectivity index (χ0v) is 21.7. The second-order valence-electron chi connectivity index (χ2n) is 7.82. The number of rotatable bonds is 6. The van der Waals surface area contributed by atoms with Crippen molar-refractivity contribution in [2.75, 3.05) is 11.9 Å². The maximum absolute atomic E-state index is 13.3. The van der Waals surface area contributed by atoms with E-state index in [1.165, 1.54) is 20.3 Å². The molecular weight excluding hydrogens is 583 g/mol. The molecule has 0 radical (unpaired) electrons. The number of aryl methyl sites for hydroxylation is 1. The van der Waals surface area contributed by atoms with E-state index in [9.17, 15) is 14.4 Å². The summed E-state index contributed by atoms with van der Waals surface area (Å²) in [5, 5.41) is 8.48. The second-order valence-corrected chi connectivity index (χ2v) is 9.42. The molecule has 0 aliphatic carbocycles. The SMILES string of the molecule is Cc1cc(Cn2nnn(-c3ccc(Cl)cc3)c2=O)ccc1N(C)C(=O)c1c(I)cccc1C(N)=O. The van der Waals surface area contributed by atoms with Gasteiger partial charge in [-0.05, 0) is 93.5 Å². The van der Waals surface area contributed by atoms with Crippen LogP contribution in [-0.2, 0) is 6.54 Å². The first kappa shape index (κ1) is 24.6. The van der Waals surface area contributed by atoms with Crippen LogP contribution in [0.25, 0.3) is 5.69 Å². The van der Waals surface area contributed by atoms with Gasteiger partial charge < -0.3 is 10.6 Å². The Hall–Kier alpha value is -3.51. The minimum absolute atomic E-state index is 0.172. The first-order chi connectivity index (χ1) is 16.7. The number of primary amides is 1. The van der Waals surface area contributed by atoms with Gasteiger partial charge in [-0.1, -0.05) is 29.8 Å². The predicted molar refractivity (Wildman–Crippen MR) is 141 cm³/mol. The second kappa shape index (κ2) is 10.0. The van der Waals surface area contributed by atoms with Crippen molar-refractivity contribution >= 4 is 51.7 Å². The van der Waals surface area contributed by atoms with Crippen molar-refractivity contribution in [1.29, 1.82) is 0 Å². The molecule has 0 spiro atoms. The number of benzene rings is 3. The Morgan fingerprint density at radius 3 is 2.46 bits per heavy atom. The Morgan fingerprint density at radius 1 is 1.09 bits per heavy atom. The molecule has 0 saturated heterocycles. The average molecular weight is 603 g/mol. The lowest BCUT2D eigenvalue weighted by Crippen LogP contribution is -2.30. The number of carbonyl (C=O) groups excluding carboxylic acids is 2. The van der Waals surface area contributed by atoms with Crippen LogP contribution in [0.5, 0.6) is 0 Å². The van der Waals surface area contributed by atoms with Crippen molar-refractivity contribution < 1.29 is 9.59 Å². The van der Waals surface area contributed by atoms with Gasteiger partial charge in [0.05, 0.1) is 23.4 Å². The lowest BCUT2D eigenvalue weighted by molar-refractivity contribution is 0.0963. The molecule has 3 aromatic carbocycles. The highest BCUT2D eigenvalue weighted by Gasteiger charge is 2.23. The van der Waals surface area contributed by atoms with Crippen LogP contribution in [0.1, 0.15) is 31.8 Å². The topological polar surface area (TPSA) is 116 Å². The summed E-state index contributed by atoms with van der Waals surface area (Å²) in [4.78, 5) is 39.4. The molecule has 1 aromatic heterocycles. The number of tetrazole rings is 1. The summed E-state index contributed by atoms with van der Waals surface area (Å²) in [6.07, 6.45) is 0. The minimum atomic E-state index is -0.663. The van der Waals surface area contributed by atoms with Crippen molar-refractivity contribution in [3.63, 3.8) is 0 Å². The zero-order chi connectivity index (χ0) is 25.3. The van der Waals surface area contributed by atoms with Crippen LogP contribution in [0.4, 0.5) is 5.69 Å². The first-order valence-corrected chi connectivity index (χ1v) is 11.9. The summed E-state index contributed by atoms with van der Waals surface area (Å²) in [7, 11) is 1.64. The Balaban J connectivity index is 1.58. The number of hydrogen-bond acceptors (Lipinski definition) is 5. The number of carbonyl (C=O) groups is 2. The van der Waals surface area contributed by atoms with E-state index in [-0.39, 0.29) is 29.3 Å². The Kier molecular flexibility index (Phi) is 7.03. The molecule has 0 saturated carbocycles. The molecule has 4 rings (SSSR count). The molecule has 0 unspecified atom stereocenters. The lowest BCUT2D eigenvalue weighted by Gasteiger charge is -2.22. The van der Waals surface area contributed by atoms with Crippen molar-refractivity contribution in [2.24, 2.45) is 5.73 Å². The van der Waals surface area contributed by atoms with E-state index in [4.69, 9.17) is 17.3 Å². The molecule has 9 nitrogen and oxygen atoms in total. The molecule has 178 valence electrons. The summed E-state index contributed by atoms with van der Waals surface area (Å²) in [6.45, 7) is 2.06. The third-order valence-corrected chi connectivity index (χ3v) is 6.61. The van der Waals surface area contributed by atoms with Crippen LogP contribution in [0.2, 0.25) is 5.02 Å². The molecule has 2 N–H and O–H groups in total. The van der Waals surface area contributed by atoms with Crippen molar-refractivity contribution in [3.8, 4) is 5.69 Å². The number of hydrogen-bond donors (Lipinski definition) is 1. The standard InChI is InChI=1S/C24H20ClIN6O3/c1-14-12-15(13-31-24(35)32(29-28-31)17-9-7-16(25)8-10-17)6-11-20(14)30(2)23(34)21-18(22(27)33)4-3-5-19(21)26/h3-12H,13H2,1-2H3,(H2,27,33). The summed E-state index contributed by atoms with van der Waals surface area (Å²) < 4.78 is 3.08. The Bertz CT molecular complexity index is 1500. The third-order valence-electron chi connectivity index (χ3n) is 5.46. The maximum atomic E-state index is 13.3. The molecule has 2 amide bonds. The number of nitrogens with two attached hydrogens (primary N) is 1. The fraction of sp³-hybridized carbons (Fsp3) is 0.125. The van der Waals surface area contributed by atoms with Gasteiger partial charge >= 0.3 is 5.69 Å². The molecule has 0 atom stereocenters.